The highest BCUT2D eigenvalue weighted by molar-refractivity contribution is 7.15. The molecule has 2 aromatic carbocycles. The summed E-state index contributed by atoms with van der Waals surface area (Å²) in [6.07, 6.45) is 0. The highest BCUT2D eigenvalue weighted by atomic mass is 35.5. The number of carbonyl (C=O) groups is 2. The number of benzene rings is 2. The molecule has 30 heavy (non-hydrogen) atoms. The van der Waals surface area contributed by atoms with Gasteiger partial charge >= 0.3 is 0 Å². The van der Waals surface area contributed by atoms with Crippen LogP contribution in [0.15, 0.2) is 53.3 Å². The van der Waals surface area contributed by atoms with Crippen LogP contribution in [0.5, 0.6) is 0 Å². The van der Waals surface area contributed by atoms with Gasteiger partial charge in [-0.3, -0.25) is 19.3 Å². The Morgan fingerprint density at radius 2 is 1.83 bits per heavy atom. The Morgan fingerprint density at radius 1 is 1.10 bits per heavy atom. The molecule has 148 valence electrons. The van der Waals surface area contributed by atoms with Gasteiger partial charge in [-0.1, -0.05) is 41.1 Å². The number of nitrogens with zero attached hydrogens (tertiary/aromatic N) is 4. The van der Waals surface area contributed by atoms with Gasteiger partial charge in [0.25, 0.3) is 11.5 Å². The molecule has 10 heteroatoms. The van der Waals surface area contributed by atoms with E-state index >= 15 is 0 Å². The van der Waals surface area contributed by atoms with Crippen LogP contribution in [-0.4, -0.2) is 33.0 Å². The SMILES string of the molecule is NC(=O)CN1C(=O)/C(=c2\sc3nc(-c4ccc(Cl)cc4)nn3c2=O)c2ccccc21. The zero-order valence-corrected chi connectivity index (χ0v) is 16.8. The monoisotopic (exact) mass is 437 g/mol. The number of carbonyl (C=O) groups excluding carboxylic acids is 2. The molecule has 2 aromatic heterocycles. The topological polar surface area (TPSA) is 111 Å². The van der Waals surface area contributed by atoms with E-state index in [4.69, 9.17) is 17.3 Å². The summed E-state index contributed by atoms with van der Waals surface area (Å²) >= 11 is 6.99. The number of para-hydroxylation sites is 1. The van der Waals surface area contributed by atoms with Crippen molar-refractivity contribution >= 4 is 51.0 Å². The second-order valence-corrected chi connectivity index (χ2v) is 8.04. The van der Waals surface area contributed by atoms with Crippen LogP contribution in [0.3, 0.4) is 0 Å². The Bertz CT molecular complexity index is 1460. The lowest BCUT2D eigenvalue weighted by atomic mass is 10.1. The zero-order valence-electron chi connectivity index (χ0n) is 15.2. The van der Waals surface area contributed by atoms with Gasteiger partial charge in [0, 0.05) is 16.1 Å². The molecule has 0 saturated carbocycles. The normalized spacial score (nSPS) is 15.1. The lowest BCUT2D eigenvalue weighted by Gasteiger charge is -2.14. The summed E-state index contributed by atoms with van der Waals surface area (Å²) in [6.45, 7) is -0.269. The average molecular weight is 438 g/mol. The van der Waals surface area contributed by atoms with Crippen molar-refractivity contribution in [3.8, 4) is 11.4 Å². The van der Waals surface area contributed by atoms with Gasteiger partial charge in [-0.15, -0.1) is 5.10 Å². The first-order chi connectivity index (χ1) is 14.4. The molecular weight excluding hydrogens is 426 g/mol. The Hall–Kier alpha value is -3.56. The number of aromatic nitrogens is 3. The number of fused-ring (bicyclic) bond motifs is 2. The smallest absolute Gasteiger partial charge is 0.291 e. The molecule has 0 saturated heterocycles. The number of halogens is 1. The van der Waals surface area contributed by atoms with E-state index in [0.717, 1.165) is 16.9 Å². The third-order valence-corrected chi connectivity index (χ3v) is 6.01. The number of hydrogen-bond donors (Lipinski definition) is 1. The first kappa shape index (κ1) is 18.5. The van der Waals surface area contributed by atoms with E-state index in [1.54, 1.807) is 48.5 Å². The fraction of sp³-hybridized carbons (Fsp3) is 0.0500. The van der Waals surface area contributed by atoms with Crippen LogP contribution in [0, 0.1) is 0 Å². The van der Waals surface area contributed by atoms with Gasteiger partial charge in [-0.2, -0.15) is 9.50 Å². The maximum Gasteiger partial charge on any atom is 0.291 e. The van der Waals surface area contributed by atoms with E-state index in [2.05, 4.69) is 10.1 Å². The van der Waals surface area contributed by atoms with Crippen molar-refractivity contribution in [2.45, 2.75) is 0 Å². The van der Waals surface area contributed by atoms with Crippen molar-refractivity contribution in [2.24, 2.45) is 5.73 Å². The van der Waals surface area contributed by atoms with E-state index in [1.807, 2.05) is 0 Å². The van der Waals surface area contributed by atoms with Crippen molar-refractivity contribution in [3.63, 3.8) is 0 Å². The maximum atomic E-state index is 13.1. The van der Waals surface area contributed by atoms with Crippen LogP contribution in [0.25, 0.3) is 21.9 Å². The highest BCUT2D eigenvalue weighted by Crippen LogP contribution is 2.34. The number of primary amides is 1. The quantitative estimate of drug-likeness (QED) is 0.518. The van der Waals surface area contributed by atoms with Gasteiger partial charge in [0.1, 0.15) is 11.1 Å². The van der Waals surface area contributed by atoms with E-state index in [1.165, 1.54) is 9.42 Å². The van der Waals surface area contributed by atoms with E-state index in [0.29, 0.717) is 27.1 Å². The summed E-state index contributed by atoms with van der Waals surface area (Å²) in [4.78, 5) is 43.6. The molecule has 2 N–H and O–H groups in total. The van der Waals surface area contributed by atoms with Gasteiger partial charge in [0.2, 0.25) is 10.9 Å². The lowest BCUT2D eigenvalue weighted by molar-refractivity contribution is -0.119. The standard InChI is InChI=1S/C20H12ClN5O3S/c21-11-7-5-10(6-8-11)17-23-20-26(24-17)19(29)16(30-20)15-12-3-1-2-4-13(12)25(18(15)28)9-14(22)27/h1-8H,9H2,(H2,22,27)/b16-15-. The maximum absolute atomic E-state index is 13.1. The molecule has 4 aromatic rings. The highest BCUT2D eigenvalue weighted by Gasteiger charge is 2.35. The third kappa shape index (κ3) is 2.78. The largest absolute Gasteiger partial charge is 0.368 e. The molecule has 0 spiro atoms. The van der Waals surface area contributed by atoms with Crippen LogP contribution < -0.4 is 20.7 Å². The predicted octanol–water partition coefficient (Wildman–Crippen LogP) is 1.22. The molecule has 5 rings (SSSR count). The average Bonchev–Trinajstić information content (AvgIpc) is 3.35. The molecule has 0 aliphatic carbocycles. The molecule has 0 unspecified atom stereocenters. The van der Waals surface area contributed by atoms with Crippen LogP contribution in [0.1, 0.15) is 5.56 Å². The summed E-state index contributed by atoms with van der Waals surface area (Å²) < 4.78 is 1.40. The zero-order chi connectivity index (χ0) is 21.0. The molecule has 1 aliphatic heterocycles. The Labute approximate surface area is 177 Å². The second-order valence-electron chi connectivity index (χ2n) is 6.62. The molecule has 8 nitrogen and oxygen atoms in total. The second kappa shape index (κ2) is 6.75. The molecule has 0 bridgehead atoms. The molecule has 0 fully saturated rings. The molecule has 0 atom stereocenters. The summed E-state index contributed by atoms with van der Waals surface area (Å²) in [5, 5.41) is 4.89. The first-order valence-electron chi connectivity index (χ1n) is 8.83. The third-order valence-electron chi connectivity index (χ3n) is 4.72. The summed E-state index contributed by atoms with van der Waals surface area (Å²) in [5.74, 6) is -0.702. The van der Waals surface area contributed by atoms with E-state index in [-0.39, 0.29) is 16.7 Å². The Balaban J connectivity index is 1.70. The van der Waals surface area contributed by atoms with Crippen LogP contribution >= 0.6 is 22.9 Å². The molecule has 1 aliphatic rings. The van der Waals surface area contributed by atoms with Gasteiger partial charge in [-0.05, 0) is 30.3 Å². The minimum Gasteiger partial charge on any atom is -0.368 e. The fourth-order valence-electron chi connectivity index (χ4n) is 3.42. The number of rotatable bonds is 3. The van der Waals surface area contributed by atoms with Crippen LogP contribution in [0.4, 0.5) is 5.69 Å². The number of anilines is 1. The first-order valence-corrected chi connectivity index (χ1v) is 10.0. The summed E-state index contributed by atoms with van der Waals surface area (Å²) in [6, 6.07) is 13.9. The van der Waals surface area contributed by atoms with Crippen molar-refractivity contribution in [3.05, 3.63) is 74.0 Å². The Morgan fingerprint density at radius 3 is 2.53 bits per heavy atom. The van der Waals surface area contributed by atoms with Crippen LogP contribution in [0.2, 0.25) is 5.02 Å². The van der Waals surface area contributed by atoms with Crippen molar-refractivity contribution in [1.29, 1.82) is 0 Å². The summed E-state index contributed by atoms with van der Waals surface area (Å²) in [7, 11) is 0. The predicted molar refractivity (Wildman–Crippen MR) is 113 cm³/mol. The van der Waals surface area contributed by atoms with Crippen molar-refractivity contribution in [2.75, 3.05) is 11.4 Å². The summed E-state index contributed by atoms with van der Waals surface area (Å²) in [5.41, 5.74) is 6.91. The van der Waals surface area contributed by atoms with Gasteiger partial charge in [0.05, 0.1) is 11.3 Å². The van der Waals surface area contributed by atoms with Crippen molar-refractivity contribution in [1.82, 2.24) is 14.6 Å². The lowest BCUT2D eigenvalue weighted by Crippen LogP contribution is -2.37. The van der Waals surface area contributed by atoms with Gasteiger partial charge < -0.3 is 5.73 Å². The minimum atomic E-state index is -0.642. The van der Waals surface area contributed by atoms with Crippen LogP contribution in [-0.2, 0) is 9.59 Å². The molecular formula is C20H12ClN5O3S. The molecule has 0 radical (unpaired) electrons. The number of thiazole rings is 1. The number of hydrogen-bond acceptors (Lipinski definition) is 6. The minimum absolute atomic E-state index is 0.220. The van der Waals surface area contributed by atoms with E-state index in [9.17, 15) is 14.4 Å². The fourth-order valence-corrected chi connectivity index (χ4v) is 4.54. The molecule has 2 amide bonds. The molecule has 3 heterocycles. The van der Waals surface area contributed by atoms with E-state index < -0.39 is 17.4 Å². The van der Waals surface area contributed by atoms with Gasteiger partial charge in [-0.25, -0.2) is 0 Å². The van der Waals surface area contributed by atoms with Gasteiger partial charge in [0.15, 0.2) is 5.82 Å². The number of nitrogens with two attached hydrogens (primary N) is 1. The van der Waals surface area contributed by atoms with Crippen molar-refractivity contribution < 1.29 is 9.59 Å². The Kier molecular flexibility index (Phi) is 4.16. The number of amides is 2.